The van der Waals surface area contributed by atoms with Crippen molar-refractivity contribution in [2.24, 2.45) is 0 Å². The molecule has 0 fully saturated rings. The van der Waals surface area contributed by atoms with Crippen molar-refractivity contribution < 1.29 is 9.59 Å². The molecule has 4 nitrogen and oxygen atoms in total. The number of aryl methyl sites for hydroxylation is 2. The first-order chi connectivity index (χ1) is 14.5. The highest BCUT2D eigenvalue weighted by Crippen LogP contribution is 2.20. The first-order valence-electron chi connectivity index (χ1n) is 10.3. The second-order valence-corrected chi connectivity index (χ2v) is 7.46. The molecule has 3 aromatic carbocycles. The van der Waals surface area contributed by atoms with Crippen molar-refractivity contribution in [3.8, 4) is 0 Å². The van der Waals surface area contributed by atoms with Gasteiger partial charge in [-0.1, -0.05) is 67.6 Å². The summed E-state index contributed by atoms with van der Waals surface area (Å²) in [7, 11) is 0. The number of hydrogen-bond donors (Lipinski definition) is 2. The van der Waals surface area contributed by atoms with E-state index >= 15 is 0 Å². The van der Waals surface area contributed by atoms with Crippen LogP contribution in [0.25, 0.3) is 0 Å². The Hall–Kier alpha value is -3.40. The number of anilines is 1. The molecule has 0 aromatic heterocycles. The Morgan fingerprint density at radius 1 is 0.867 bits per heavy atom. The lowest BCUT2D eigenvalue weighted by molar-refractivity contribution is -0.118. The Labute approximate surface area is 178 Å². The maximum atomic E-state index is 13.2. The van der Waals surface area contributed by atoms with Crippen LogP contribution in [-0.4, -0.2) is 17.9 Å². The van der Waals surface area contributed by atoms with Crippen LogP contribution in [-0.2, 0) is 17.6 Å². The van der Waals surface area contributed by atoms with E-state index in [1.807, 2.05) is 74.5 Å². The molecule has 0 saturated heterocycles. The van der Waals surface area contributed by atoms with Gasteiger partial charge in [-0.2, -0.15) is 0 Å². The van der Waals surface area contributed by atoms with Gasteiger partial charge in [0.15, 0.2) is 0 Å². The zero-order valence-corrected chi connectivity index (χ0v) is 17.7. The monoisotopic (exact) mass is 400 g/mol. The van der Waals surface area contributed by atoms with Crippen LogP contribution in [0.1, 0.15) is 39.5 Å². The Bertz CT molecular complexity index is 1030. The average molecular weight is 401 g/mol. The zero-order chi connectivity index (χ0) is 21.5. The van der Waals surface area contributed by atoms with Crippen LogP contribution < -0.4 is 10.6 Å². The minimum atomic E-state index is -0.691. The van der Waals surface area contributed by atoms with Gasteiger partial charge in [-0.3, -0.25) is 9.59 Å². The van der Waals surface area contributed by atoms with Gasteiger partial charge in [-0.05, 0) is 54.7 Å². The molecule has 4 heteroatoms. The van der Waals surface area contributed by atoms with E-state index in [9.17, 15) is 9.59 Å². The predicted molar refractivity (Wildman–Crippen MR) is 122 cm³/mol. The number of rotatable bonds is 7. The molecule has 30 heavy (non-hydrogen) atoms. The molecule has 0 saturated carbocycles. The highest BCUT2D eigenvalue weighted by atomic mass is 16.2. The fourth-order valence-electron chi connectivity index (χ4n) is 3.54. The van der Waals surface area contributed by atoms with E-state index in [-0.39, 0.29) is 11.8 Å². The fourth-order valence-corrected chi connectivity index (χ4v) is 3.54. The first kappa shape index (κ1) is 21.3. The molecular formula is C26H28N2O2. The van der Waals surface area contributed by atoms with Gasteiger partial charge in [0.25, 0.3) is 5.91 Å². The molecule has 0 aliphatic rings. The zero-order valence-electron chi connectivity index (χ0n) is 17.7. The summed E-state index contributed by atoms with van der Waals surface area (Å²) in [6, 6.07) is 22.3. The van der Waals surface area contributed by atoms with Gasteiger partial charge < -0.3 is 10.6 Å². The summed E-state index contributed by atoms with van der Waals surface area (Å²) in [4.78, 5) is 26.1. The summed E-state index contributed by atoms with van der Waals surface area (Å²) in [5.74, 6) is -0.472. The van der Waals surface area contributed by atoms with E-state index in [1.165, 1.54) is 5.56 Å². The van der Waals surface area contributed by atoms with E-state index in [2.05, 4.69) is 23.6 Å². The molecule has 3 aromatic rings. The molecular weight excluding hydrogens is 372 g/mol. The molecule has 1 unspecified atom stereocenters. The van der Waals surface area contributed by atoms with Crippen LogP contribution in [0.3, 0.4) is 0 Å². The molecule has 3 rings (SSSR count). The molecule has 0 radical (unpaired) electrons. The number of hydrogen-bond acceptors (Lipinski definition) is 2. The van der Waals surface area contributed by atoms with Crippen LogP contribution in [0.4, 0.5) is 5.69 Å². The summed E-state index contributed by atoms with van der Waals surface area (Å²) < 4.78 is 0. The van der Waals surface area contributed by atoms with Gasteiger partial charge in [0.05, 0.1) is 0 Å². The Kier molecular flexibility index (Phi) is 7.02. The lowest BCUT2D eigenvalue weighted by atomic mass is 10.0. The van der Waals surface area contributed by atoms with E-state index in [0.717, 1.165) is 28.8 Å². The van der Waals surface area contributed by atoms with E-state index in [4.69, 9.17) is 0 Å². The van der Waals surface area contributed by atoms with Crippen molar-refractivity contribution in [2.45, 2.75) is 39.7 Å². The molecule has 0 aliphatic carbocycles. The number of benzene rings is 3. The molecule has 154 valence electrons. The minimum Gasteiger partial charge on any atom is -0.340 e. The maximum absolute atomic E-state index is 13.2. The van der Waals surface area contributed by atoms with Crippen LogP contribution in [0.15, 0.2) is 72.8 Å². The molecule has 0 heterocycles. The van der Waals surface area contributed by atoms with Gasteiger partial charge in [0.1, 0.15) is 6.04 Å². The fraction of sp³-hybridized carbons (Fsp3) is 0.231. The average Bonchev–Trinajstić information content (AvgIpc) is 2.75. The van der Waals surface area contributed by atoms with Crippen molar-refractivity contribution in [2.75, 3.05) is 5.32 Å². The van der Waals surface area contributed by atoms with Gasteiger partial charge >= 0.3 is 0 Å². The summed E-state index contributed by atoms with van der Waals surface area (Å²) >= 11 is 0. The van der Waals surface area contributed by atoms with Crippen molar-refractivity contribution in [3.05, 3.63) is 101 Å². The third-order valence-corrected chi connectivity index (χ3v) is 5.38. The summed E-state index contributed by atoms with van der Waals surface area (Å²) in [5.41, 5.74) is 5.46. The van der Waals surface area contributed by atoms with Crippen molar-refractivity contribution in [1.29, 1.82) is 0 Å². The third kappa shape index (κ3) is 5.15. The second-order valence-electron chi connectivity index (χ2n) is 7.46. The molecule has 0 spiro atoms. The highest BCUT2D eigenvalue weighted by molar-refractivity contribution is 6.02. The predicted octanol–water partition coefficient (Wildman–Crippen LogP) is 4.85. The number of carbonyl (C=O) groups excluding carboxylic acids is 2. The molecule has 2 N–H and O–H groups in total. The topological polar surface area (TPSA) is 58.2 Å². The Balaban J connectivity index is 1.84. The molecule has 2 amide bonds. The number of carbonyl (C=O) groups is 2. The second kappa shape index (κ2) is 9.88. The lowest BCUT2D eigenvalue weighted by Crippen LogP contribution is -2.45. The van der Waals surface area contributed by atoms with Crippen LogP contribution in [0.2, 0.25) is 0 Å². The van der Waals surface area contributed by atoms with Crippen molar-refractivity contribution in [3.63, 3.8) is 0 Å². The summed E-state index contributed by atoms with van der Waals surface area (Å²) in [6.07, 6.45) is 1.31. The minimum absolute atomic E-state index is 0.225. The van der Waals surface area contributed by atoms with Crippen LogP contribution in [0, 0.1) is 13.8 Å². The largest absolute Gasteiger partial charge is 0.340 e. The quantitative estimate of drug-likeness (QED) is 0.596. The van der Waals surface area contributed by atoms with E-state index in [0.29, 0.717) is 12.0 Å². The van der Waals surface area contributed by atoms with Crippen LogP contribution >= 0.6 is 0 Å². The van der Waals surface area contributed by atoms with Gasteiger partial charge in [-0.15, -0.1) is 0 Å². The number of nitrogens with one attached hydrogen (secondary N) is 2. The van der Waals surface area contributed by atoms with Gasteiger partial charge in [-0.25, -0.2) is 0 Å². The first-order valence-corrected chi connectivity index (χ1v) is 10.3. The summed E-state index contributed by atoms with van der Waals surface area (Å²) in [6.45, 7) is 5.99. The van der Waals surface area contributed by atoms with Gasteiger partial charge in [0.2, 0.25) is 5.91 Å². The maximum Gasteiger partial charge on any atom is 0.252 e. The lowest BCUT2D eigenvalue weighted by Gasteiger charge is -2.20. The van der Waals surface area contributed by atoms with Crippen molar-refractivity contribution >= 4 is 17.5 Å². The van der Waals surface area contributed by atoms with Gasteiger partial charge in [0, 0.05) is 17.7 Å². The third-order valence-electron chi connectivity index (χ3n) is 5.38. The normalized spacial score (nSPS) is 11.6. The van der Waals surface area contributed by atoms with E-state index in [1.54, 1.807) is 6.07 Å². The molecule has 0 aliphatic heterocycles. The number of amides is 2. The van der Waals surface area contributed by atoms with Crippen LogP contribution in [0.5, 0.6) is 0 Å². The molecule has 1 atom stereocenters. The molecule has 0 bridgehead atoms. The van der Waals surface area contributed by atoms with E-state index < -0.39 is 6.04 Å². The smallest absolute Gasteiger partial charge is 0.252 e. The Morgan fingerprint density at radius 3 is 2.27 bits per heavy atom. The Morgan fingerprint density at radius 2 is 1.57 bits per heavy atom. The van der Waals surface area contributed by atoms with Crippen molar-refractivity contribution in [1.82, 2.24) is 5.32 Å². The summed E-state index contributed by atoms with van der Waals surface area (Å²) in [5, 5.41) is 5.96. The standard InChI is InChI=1S/C26H28N2O2/c1-4-21-14-10-16-23(19(21)3)27-26(30)24(17-20-12-6-5-7-13-20)28-25(29)22-15-9-8-11-18(22)2/h5-16,24H,4,17H2,1-3H3,(H,27,30)(H,28,29). The highest BCUT2D eigenvalue weighted by Gasteiger charge is 2.23. The SMILES string of the molecule is CCc1cccc(NC(=O)C(Cc2ccccc2)NC(=O)c2ccccc2C)c1C.